The molecule has 1 unspecified atom stereocenters. The first-order chi connectivity index (χ1) is 10.3. The van der Waals surface area contributed by atoms with Crippen molar-refractivity contribution < 1.29 is 4.74 Å². The van der Waals surface area contributed by atoms with Crippen molar-refractivity contribution in [2.45, 2.75) is 12.0 Å². The van der Waals surface area contributed by atoms with E-state index >= 15 is 0 Å². The van der Waals surface area contributed by atoms with Gasteiger partial charge in [-0.3, -0.25) is 4.57 Å². The van der Waals surface area contributed by atoms with Crippen LogP contribution in [0.3, 0.4) is 0 Å². The van der Waals surface area contributed by atoms with E-state index in [2.05, 4.69) is 22.8 Å². The summed E-state index contributed by atoms with van der Waals surface area (Å²) < 4.78 is 7.68. The fraction of sp³-hybridized carbons (Fsp3) is 0.235. The van der Waals surface area contributed by atoms with Crippen molar-refractivity contribution >= 4 is 11.0 Å². The number of nitrogens with zero attached hydrogens (tertiary/aromatic N) is 2. The molecule has 1 saturated heterocycles. The Bertz CT molecular complexity index is 773. The normalized spacial score (nSPS) is 22.0. The van der Waals surface area contributed by atoms with Crippen molar-refractivity contribution in [3.05, 3.63) is 60.4 Å². The summed E-state index contributed by atoms with van der Waals surface area (Å²) in [6, 6.07) is 18.4. The summed E-state index contributed by atoms with van der Waals surface area (Å²) in [6.07, 6.45) is 0.795. The van der Waals surface area contributed by atoms with Gasteiger partial charge >= 0.3 is 0 Å². The van der Waals surface area contributed by atoms with Gasteiger partial charge in [0.2, 0.25) is 0 Å². The second kappa shape index (κ2) is 4.69. The first-order valence-electron chi connectivity index (χ1n) is 7.18. The average Bonchev–Trinajstić information content (AvgIpc) is 3.13. The van der Waals surface area contributed by atoms with Crippen LogP contribution in [0.15, 0.2) is 54.6 Å². The van der Waals surface area contributed by atoms with Crippen molar-refractivity contribution in [3.63, 3.8) is 0 Å². The quantitative estimate of drug-likeness (QED) is 0.784. The lowest BCUT2D eigenvalue weighted by Crippen LogP contribution is -2.39. The average molecular weight is 279 g/mol. The van der Waals surface area contributed by atoms with Crippen LogP contribution in [0.4, 0.5) is 0 Å². The van der Waals surface area contributed by atoms with Crippen LogP contribution in [0.25, 0.3) is 16.7 Å². The van der Waals surface area contributed by atoms with E-state index in [1.165, 1.54) is 0 Å². The van der Waals surface area contributed by atoms with Gasteiger partial charge in [0.1, 0.15) is 11.4 Å². The van der Waals surface area contributed by atoms with Crippen LogP contribution in [0.5, 0.6) is 0 Å². The van der Waals surface area contributed by atoms with E-state index in [9.17, 15) is 0 Å². The number of hydrogen-bond donors (Lipinski definition) is 1. The van der Waals surface area contributed by atoms with Crippen molar-refractivity contribution in [3.8, 4) is 5.69 Å². The van der Waals surface area contributed by atoms with Crippen LogP contribution >= 0.6 is 0 Å². The number of fused-ring (bicyclic) bond motifs is 1. The maximum atomic E-state index is 6.57. The summed E-state index contributed by atoms with van der Waals surface area (Å²) in [5, 5.41) is 0. The zero-order valence-electron chi connectivity index (χ0n) is 11.7. The maximum absolute atomic E-state index is 6.57. The van der Waals surface area contributed by atoms with E-state index in [-0.39, 0.29) is 0 Å². The molecule has 2 aromatic carbocycles. The highest BCUT2D eigenvalue weighted by Crippen LogP contribution is 2.32. The Kier molecular flexibility index (Phi) is 2.80. The Morgan fingerprint density at radius 1 is 1.05 bits per heavy atom. The molecule has 21 heavy (non-hydrogen) atoms. The summed E-state index contributed by atoms with van der Waals surface area (Å²) in [7, 11) is 0. The van der Waals surface area contributed by atoms with Crippen LogP contribution in [0, 0.1) is 0 Å². The van der Waals surface area contributed by atoms with Gasteiger partial charge in [0.05, 0.1) is 17.6 Å². The van der Waals surface area contributed by atoms with E-state index < -0.39 is 5.54 Å². The second-order valence-corrected chi connectivity index (χ2v) is 5.55. The molecule has 4 rings (SSSR count). The Morgan fingerprint density at radius 3 is 2.57 bits per heavy atom. The van der Waals surface area contributed by atoms with Crippen molar-refractivity contribution in [2.75, 3.05) is 13.2 Å². The predicted octanol–water partition coefficient (Wildman–Crippen LogP) is 2.60. The van der Waals surface area contributed by atoms with Gasteiger partial charge in [-0.2, -0.15) is 0 Å². The topological polar surface area (TPSA) is 53.1 Å². The lowest BCUT2D eigenvalue weighted by molar-refractivity contribution is 0.176. The van der Waals surface area contributed by atoms with Crippen LogP contribution in [-0.4, -0.2) is 22.8 Å². The molecule has 1 aromatic heterocycles. The van der Waals surface area contributed by atoms with Crippen molar-refractivity contribution in [2.24, 2.45) is 5.73 Å². The molecule has 0 radical (unpaired) electrons. The molecular weight excluding hydrogens is 262 g/mol. The van der Waals surface area contributed by atoms with Crippen molar-refractivity contribution in [1.82, 2.24) is 9.55 Å². The third kappa shape index (κ3) is 1.95. The van der Waals surface area contributed by atoms with Gasteiger partial charge < -0.3 is 10.5 Å². The minimum Gasteiger partial charge on any atom is -0.379 e. The minimum absolute atomic E-state index is 0.517. The Morgan fingerprint density at radius 2 is 1.81 bits per heavy atom. The predicted molar refractivity (Wildman–Crippen MR) is 82.4 cm³/mol. The molecule has 1 aliphatic rings. The van der Waals surface area contributed by atoms with Gasteiger partial charge in [-0.25, -0.2) is 4.98 Å². The third-order valence-electron chi connectivity index (χ3n) is 4.07. The van der Waals surface area contributed by atoms with Crippen molar-refractivity contribution in [1.29, 1.82) is 0 Å². The number of nitrogens with two attached hydrogens (primary N) is 1. The summed E-state index contributed by atoms with van der Waals surface area (Å²) >= 11 is 0. The standard InChI is InChI=1S/C17H17N3O/c18-17(10-11-21-12-17)16-19-14-8-4-5-9-15(14)20(16)13-6-2-1-3-7-13/h1-9H,10-12,18H2. The molecule has 0 saturated carbocycles. The molecule has 0 bridgehead atoms. The molecule has 4 nitrogen and oxygen atoms in total. The number of aromatic nitrogens is 2. The number of rotatable bonds is 2. The number of ether oxygens (including phenoxy) is 1. The van der Waals surface area contributed by atoms with E-state index in [1.54, 1.807) is 0 Å². The number of imidazole rings is 1. The third-order valence-corrected chi connectivity index (χ3v) is 4.07. The summed E-state index contributed by atoms with van der Waals surface area (Å²) in [6.45, 7) is 1.21. The van der Waals surface area contributed by atoms with Gasteiger partial charge in [0, 0.05) is 12.3 Å². The SMILES string of the molecule is NC1(c2nc3ccccc3n2-c2ccccc2)CCOC1. The zero-order valence-corrected chi connectivity index (χ0v) is 11.7. The maximum Gasteiger partial charge on any atom is 0.137 e. The van der Waals surface area contributed by atoms with Crippen LogP contribution in [0.1, 0.15) is 12.2 Å². The summed E-state index contributed by atoms with van der Waals surface area (Å²) in [4.78, 5) is 4.80. The van der Waals surface area contributed by atoms with Crippen LogP contribution in [0.2, 0.25) is 0 Å². The molecule has 1 atom stereocenters. The van der Waals surface area contributed by atoms with E-state index in [0.717, 1.165) is 29.0 Å². The van der Waals surface area contributed by atoms with Gasteiger partial charge in [-0.1, -0.05) is 30.3 Å². The van der Waals surface area contributed by atoms with Gasteiger partial charge in [-0.15, -0.1) is 0 Å². The highest BCUT2D eigenvalue weighted by Gasteiger charge is 2.37. The van der Waals surface area contributed by atoms with Gasteiger partial charge in [0.15, 0.2) is 0 Å². The van der Waals surface area contributed by atoms with Gasteiger partial charge in [0.25, 0.3) is 0 Å². The molecule has 4 heteroatoms. The van der Waals surface area contributed by atoms with Crippen LogP contribution in [-0.2, 0) is 10.3 Å². The highest BCUT2D eigenvalue weighted by atomic mass is 16.5. The monoisotopic (exact) mass is 279 g/mol. The highest BCUT2D eigenvalue weighted by molar-refractivity contribution is 5.78. The summed E-state index contributed by atoms with van der Waals surface area (Å²) in [5.74, 6) is 0.882. The van der Waals surface area contributed by atoms with Crippen LogP contribution < -0.4 is 5.73 Å². The number of hydrogen-bond acceptors (Lipinski definition) is 3. The molecule has 0 amide bonds. The first-order valence-corrected chi connectivity index (χ1v) is 7.18. The molecule has 1 fully saturated rings. The number of para-hydroxylation sites is 3. The largest absolute Gasteiger partial charge is 0.379 e. The number of benzene rings is 2. The molecule has 106 valence electrons. The zero-order chi connectivity index (χ0) is 14.3. The van der Waals surface area contributed by atoms with E-state index in [1.807, 2.05) is 36.4 Å². The fourth-order valence-corrected chi connectivity index (χ4v) is 2.96. The Balaban J connectivity index is 2.02. The molecule has 0 aliphatic carbocycles. The van der Waals surface area contributed by atoms with E-state index in [4.69, 9.17) is 15.5 Å². The summed E-state index contributed by atoms with van der Waals surface area (Å²) in [5.41, 5.74) is 9.18. The molecule has 2 N–H and O–H groups in total. The first kappa shape index (κ1) is 12.6. The van der Waals surface area contributed by atoms with Gasteiger partial charge in [-0.05, 0) is 30.7 Å². The minimum atomic E-state index is -0.519. The molecule has 3 aromatic rings. The second-order valence-electron chi connectivity index (χ2n) is 5.55. The fourth-order valence-electron chi connectivity index (χ4n) is 2.96. The molecule has 2 heterocycles. The Labute approximate surface area is 123 Å². The molecular formula is C17H17N3O. The lowest BCUT2D eigenvalue weighted by Gasteiger charge is -2.22. The van der Waals surface area contributed by atoms with E-state index in [0.29, 0.717) is 13.2 Å². The Hall–Kier alpha value is -2.17. The smallest absolute Gasteiger partial charge is 0.137 e. The lowest BCUT2D eigenvalue weighted by atomic mass is 9.99. The molecule has 1 aliphatic heterocycles. The molecule has 0 spiro atoms.